The smallest absolute Gasteiger partial charge is 0.232 e. The molecule has 0 saturated heterocycles. The number of carbonyl (C=O) groups excluding carboxylic acids is 1. The van der Waals surface area contributed by atoms with Gasteiger partial charge in [-0.3, -0.25) is 9.10 Å². The molecule has 0 saturated carbocycles. The van der Waals surface area contributed by atoms with Crippen LogP contribution in [0, 0.1) is 13.8 Å². The number of ether oxygens (including phenoxy) is 2. The molecule has 7 nitrogen and oxygen atoms in total. The first-order valence-electron chi connectivity index (χ1n) is 9.22. The molecule has 158 valence electrons. The van der Waals surface area contributed by atoms with Crippen molar-refractivity contribution in [2.24, 2.45) is 0 Å². The molecule has 0 aliphatic heterocycles. The Hall–Kier alpha value is -2.74. The first kappa shape index (κ1) is 22.5. The Labute approximate surface area is 172 Å². The van der Waals surface area contributed by atoms with Crippen molar-refractivity contribution in [2.45, 2.75) is 26.7 Å². The maximum absolute atomic E-state index is 12.3. The topological polar surface area (TPSA) is 84.9 Å². The number of methoxy groups -OCH3 is 2. The Balaban J connectivity index is 2.01. The van der Waals surface area contributed by atoms with E-state index in [-0.39, 0.29) is 18.9 Å². The van der Waals surface area contributed by atoms with Crippen LogP contribution in [0.25, 0.3) is 0 Å². The molecule has 0 radical (unpaired) electrons. The van der Waals surface area contributed by atoms with Gasteiger partial charge in [-0.1, -0.05) is 6.07 Å². The minimum Gasteiger partial charge on any atom is -0.493 e. The van der Waals surface area contributed by atoms with Crippen LogP contribution in [0.1, 0.15) is 24.0 Å². The number of aryl methyl sites for hydroxylation is 2. The van der Waals surface area contributed by atoms with Gasteiger partial charge in [-0.25, -0.2) is 8.42 Å². The van der Waals surface area contributed by atoms with Gasteiger partial charge in [0.25, 0.3) is 0 Å². The molecule has 1 amide bonds. The van der Waals surface area contributed by atoms with E-state index >= 15 is 0 Å². The monoisotopic (exact) mass is 420 g/mol. The molecule has 0 fully saturated rings. The number of nitrogens with zero attached hydrogens (tertiary/aromatic N) is 1. The van der Waals surface area contributed by atoms with E-state index in [4.69, 9.17) is 9.47 Å². The number of amides is 1. The van der Waals surface area contributed by atoms with E-state index in [1.165, 1.54) is 17.7 Å². The second-order valence-corrected chi connectivity index (χ2v) is 8.81. The molecule has 0 aliphatic carbocycles. The summed E-state index contributed by atoms with van der Waals surface area (Å²) in [6, 6.07) is 10.8. The van der Waals surface area contributed by atoms with Gasteiger partial charge in [0.2, 0.25) is 15.9 Å². The van der Waals surface area contributed by atoms with Crippen molar-refractivity contribution in [1.29, 1.82) is 0 Å². The number of sulfonamides is 1. The largest absolute Gasteiger partial charge is 0.493 e. The second kappa shape index (κ2) is 9.65. The Morgan fingerprint density at radius 1 is 1.00 bits per heavy atom. The SMILES string of the molecule is COc1ccc(NC(=O)CCCN(c2cc(C)cc(C)c2)S(C)(=O)=O)cc1OC. The molecule has 2 aromatic carbocycles. The Kier molecular flexibility index (Phi) is 7.50. The first-order valence-corrected chi connectivity index (χ1v) is 11.1. The van der Waals surface area contributed by atoms with Gasteiger partial charge in [-0.15, -0.1) is 0 Å². The number of rotatable bonds is 9. The van der Waals surface area contributed by atoms with Crippen molar-refractivity contribution in [1.82, 2.24) is 0 Å². The molecule has 0 bridgehead atoms. The Bertz CT molecular complexity index is 953. The molecule has 0 spiro atoms. The third kappa shape index (κ3) is 6.39. The Morgan fingerprint density at radius 2 is 1.62 bits per heavy atom. The fourth-order valence-corrected chi connectivity index (χ4v) is 4.05. The van der Waals surface area contributed by atoms with E-state index in [9.17, 15) is 13.2 Å². The number of nitrogens with one attached hydrogen (secondary N) is 1. The highest BCUT2D eigenvalue weighted by atomic mass is 32.2. The van der Waals surface area contributed by atoms with Crippen LogP contribution in [0.3, 0.4) is 0 Å². The molecule has 0 unspecified atom stereocenters. The summed E-state index contributed by atoms with van der Waals surface area (Å²) < 4.78 is 36.3. The van der Waals surface area contributed by atoms with Gasteiger partial charge in [0.05, 0.1) is 26.2 Å². The van der Waals surface area contributed by atoms with Gasteiger partial charge in [-0.05, 0) is 55.7 Å². The van der Waals surface area contributed by atoms with Crippen molar-refractivity contribution >= 4 is 27.3 Å². The van der Waals surface area contributed by atoms with Gasteiger partial charge < -0.3 is 14.8 Å². The number of hydrogen-bond acceptors (Lipinski definition) is 5. The summed E-state index contributed by atoms with van der Waals surface area (Å²) in [7, 11) is -0.389. The summed E-state index contributed by atoms with van der Waals surface area (Å²) in [5, 5.41) is 2.80. The summed E-state index contributed by atoms with van der Waals surface area (Å²) in [5.74, 6) is 0.886. The number of carbonyl (C=O) groups is 1. The van der Waals surface area contributed by atoms with E-state index < -0.39 is 10.0 Å². The van der Waals surface area contributed by atoms with Crippen molar-refractivity contribution in [3.8, 4) is 11.5 Å². The van der Waals surface area contributed by atoms with Crippen molar-refractivity contribution in [3.63, 3.8) is 0 Å². The minimum absolute atomic E-state index is 0.186. The summed E-state index contributed by atoms with van der Waals surface area (Å²) in [6.07, 6.45) is 1.75. The van der Waals surface area contributed by atoms with Gasteiger partial charge >= 0.3 is 0 Å². The lowest BCUT2D eigenvalue weighted by Gasteiger charge is -2.23. The van der Waals surface area contributed by atoms with Gasteiger partial charge in [0, 0.05) is 24.7 Å². The van der Waals surface area contributed by atoms with E-state index in [1.807, 2.05) is 32.0 Å². The number of anilines is 2. The number of benzene rings is 2. The fraction of sp³-hybridized carbons (Fsp3) is 0.381. The van der Waals surface area contributed by atoms with Crippen LogP contribution >= 0.6 is 0 Å². The fourth-order valence-electron chi connectivity index (χ4n) is 3.10. The normalized spacial score (nSPS) is 11.1. The quantitative estimate of drug-likeness (QED) is 0.671. The minimum atomic E-state index is -3.45. The van der Waals surface area contributed by atoms with Crippen molar-refractivity contribution < 1.29 is 22.7 Å². The summed E-state index contributed by atoms with van der Waals surface area (Å²) in [5.41, 5.74) is 3.17. The predicted molar refractivity (Wildman–Crippen MR) is 116 cm³/mol. The molecule has 2 aromatic rings. The lowest BCUT2D eigenvalue weighted by Crippen LogP contribution is -2.31. The molecule has 0 aliphatic rings. The average molecular weight is 421 g/mol. The molecular weight excluding hydrogens is 392 g/mol. The van der Waals surface area contributed by atoms with Crippen LogP contribution in [-0.2, 0) is 14.8 Å². The van der Waals surface area contributed by atoms with E-state index in [1.54, 1.807) is 25.3 Å². The van der Waals surface area contributed by atoms with E-state index in [2.05, 4.69) is 5.32 Å². The molecule has 0 aromatic heterocycles. The summed E-state index contributed by atoms with van der Waals surface area (Å²) >= 11 is 0. The highest BCUT2D eigenvalue weighted by Crippen LogP contribution is 2.29. The lowest BCUT2D eigenvalue weighted by atomic mass is 10.1. The Morgan fingerprint density at radius 3 is 2.17 bits per heavy atom. The predicted octanol–water partition coefficient (Wildman–Crippen LogP) is 3.51. The van der Waals surface area contributed by atoms with Crippen LogP contribution in [0.2, 0.25) is 0 Å². The molecule has 2 rings (SSSR count). The second-order valence-electron chi connectivity index (χ2n) is 6.90. The molecule has 8 heteroatoms. The average Bonchev–Trinajstić information content (AvgIpc) is 2.63. The zero-order valence-corrected chi connectivity index (χ0v) is 18.3. The van der Waals surface area contributed by atoms with Crippen LogP contribution in [0.15, 0.2) is 36.4 Å². The van der Waals surface area contributed by atoms with Crippen LogP contribution in [0.4, 0.5) is 11.4 Å². The van der Waals surface area contributed by atoms with Crippen molar-refractivity contribution in [3.05, 3.63) is 47.5 Å². The third-order valence-corrected chi connectivity index (χ3v) is 5.52. The first-order chi connectivity index (χ1) is 13.6. The molecule has 29 heavy (non-hydrogen) atoms. The molecule has 0 heterocycles. The van der Waals surface area contributed by atoms with Gasteiger partial charge in [0.15, 0.2) is 11.5 Å². The summed E-state index contributed by atoms with van der Waals surface area (Å²) in [4.78, 5) is 12.3. The zero-order valence-electron chi connectivity index (χ0n) is 17.5. The third-order valence-electron chi connectivity index (χ3n) is 4.33. The highest BCUT2D eigenvalue weighted by molar-refractivity contribution is 7.92. The zero-order chi connectivity index (χ0) is 21.6. The molecule has 1 N–H and O–H groups in total. The van der Waals surface area contributed by atoms with Crippen LogP contribution < -0.4 is 19.1 Å². The molecular formula is C21H28N2O5S. The van der Waals surface area contributed by atoms with E-state index in [0.717, 1.165) is 11.1 Å². The molecule has 0 atom stereocenters. The maximum Gasteiger partial charge on any atom is 0.232 e. The van der Waals surface area contributed by atoms with Crippen molar-refractivity contribution in [2.75, 3.05) is 36.6 Å². The lowest BCUT2D eigenvalue weighted by molar-refractivity contribution is -0.116. The summed E-state index contributed by atoms with van der Waals surface area (Å²) in [6.45, 7) is 4.07. The van der Waals surface area contributed by atoms with E-state index in [0.29, 0.717) is 29.3 Å². The number of hydrogen-bond donors (Lipinski definition) is 1. The standard InChI is InChI=1S/C21H28N2O5S/c1-15-11-16(2)13-18(12-15)23(29(5,25)26)10-6-7-21(24)22-17-8-9-19(27-3)20(14-17)28-4/h8-9,11-14H,6-7,10H2,1-5H3,(H,22,24). The van der Waals surface area contributed by atoms with Crippen LogP contribution in [-0.4, -0.2) is 41.3 Å². The maximum atomic E-state index is 12.3. The van der Waals surface area contributed by atoms with Gasteiger partial charge in [0.1, 0.15) is 0 Å². The van der Waals surface area contributed by atoms with Crippen LogP contribution in [0.5, 0.6) is 11.5 Å². The van der Waals surface area contributed by atoms with Gasteiger partial charge in [-0.2, -0.15) is 0 Å². The highest BCUT2D eigenvalue weighted by Gasteiger charge is 2.18.